The highest BCUT2D eigenvalue weighted by molar-refractivity contribution is 5.28. The van der Waals surface area contributed by atoms with Crippen molar-refractivity contribution in [1.29, 1.82) is 0 Å². The molecule has 0 amide bonds. The Hall–Kier alpha value is -1.06. The van der Waals surface area contributed by atoms with Gasteiger partial charge >= 0.3 is 0 Å². The lowest BCUT2D eigenvalue weighted by atomic mass is 10.3. The lowest BCUT2D eigenvalue weighted by molar-refractivity contribution is 0.148. The van der Waals surface area contributed by atoms with Crippen LogP contribution in [0.3, 0.4) is 0 Å². The summed E-state index contributed by atoms with van der Waals surface area (Å²) < 4.78 is 23.4. The number of aromatic nitrogens is 1. The van der Waals surface area contributed by atoms with Gasteiger partial charge in [-0.3, -0.25) is 0 Å². The fourth-order valence-corrected chi connectivity index (χ4v) is 0.542. The van der Waals surface area contributed by atoms with Crippen molar-refractivity contribution in [2.24, 2.45) is 0 Å². The Morgan fingerprint density at radius 1 is 1.44 bits per heavy atom. The van der Waals surface area contributed by atoms with E-state index in [1.165, 1.54) is 0 Å². The molecule has 0 aliphatic rings. The van der Waals surface area contributed by atoms with Crippen molar-refractivity contribution in [3.63, 3.8) is 0 Å². The van der Waals surface area contributed by atoms with Crippen molar-refractivity contribution in [3.05, 3.63) is 18.0 Å². The minimum Gasteiger partial charge on any atom is -0.506 e. The smallest absolute Gasteiger partial charge is 0.268 e. The van der Waals surface area contributed by atoms with E-state index in [0.29, 0.717) is 0 Å². The van der Waals surface area contributed by atoms with Crippen LogP contribution in [0.2, 0.25) is 0 Å². The maximum absolute atomic E-state index is 11.7. The number of nitrogens with one attached hydrogen (secondary N) is 1. The van der Waals surface area contributed by atoms with E-state index in [9.17, 15) is 8.78 Å². The first-order chi connectivity index (χ1) is 4.22. The molecule has 1 rings (SSSR count). The zero-order valence-electron chi connectivity index (χ0n) is 4.44. The highest BCUT2D eigenvalue weighted by Gasteiger charge is 2.11. The third-order valence-corrected chi connectivity index (χ3v) is 0.990. The molecule has 1 heterocycles. The number of hydrogen-bond acceptors (Lipinski definition) is 1. The van der Waals surface area contributed by atoms with E-state index in [4.69, 9.17) is 5.11 Å². The standard InChI is InChI=1S/C5H5F2NO/c6-5(7)3-1-8-2-4(3)9/h1-2,5,8-9H. The summed E-state index contributed by atoms with van der Waals surface area (Å²) in [6, 6.07) is 0. The summed E-state index contributed by atoms with van der Waals surface area (Å²) in [5.74, 6) is -0.384. The normalized spacial score (nSPS) is 10.6. The second-order valence-corrected chi connectivity index (χ2v) is 1.60. The number of alkyl halides is 2. The molecular weight excluding hydrogens is 128 g/mol. The van der Waals surface area contributed by atoms with Gasteiger partial charge in [0, 0.05) is 12.4 Å². The van der Waals surface area contributed by atoms with Gasteiger partial charge in [0.15, 0.2) is 0 Å². The van der Waals surface area contributed by atoms with Crippen LogP contribution in [0.1, 0.15) is 12.0 Å². The molecule has 0 saturated carbocycles. The Morgan fingerprint density at radius 3 is 2.33 bits per heavy atom. The number of halogens is 2. The highest BCUT2D eigenvalue weighted by atomic mass is 19.3. The quantitative estimate of drug-likeness (QED) is 0.600. The fraction of sp³-hybridized carbons (Fsp3) is 0.200. The molecule has 0 fully saturated rings. The first-order valence-electron chi connectivity index (χ1n) is 2.35. The lowest BCUT2D eigenvalue weighted by Gasteiger charge is -1.92. The van der Waals surface area contributed by atoms with Crippen LogP contribution in [0.15, 0.2) is 12.4 Å². The van der Waals surface area contributed by atoms with Gasteiger partial charge in [0.05, 0.1) is 5.56 Å². The molecule has 1 aromatic heterocycles. The molecule has 0 aliphatic carbocycles. The molecule has 50 valence electrons. The van der Waals surface area contributed by atoms with Crippen molar-refractivity contribution >= 4 is 0 Å². The molecule has 0 atom stereocenters. The Balaban J connectivity index is 2.94. The summed E-state index contributed by atoms with van der Waals surface area (Å²) in [6.07, 6.45) is -0.419. The molecule has 0 radical (unpaired) electrons. The Morgan fingerprint density at radius 2 is 2.11 bits per heavy atom. The van der Waals surface area contributed by atoms with Gasteiger partial charge in [0.2, 0.25) is 0 Å². The predicted octanol–water partition coefficient (Wildman–Crippen LogP) is 1.66. The molecule has 9 heavy (non-hydrogen) atoms. The van der Waals surface area contributed by atoms with Crippen LogP contribution in [-0.2, 0) is 0 Å². The van der Waals surface area contributed by atoms with Crippen LogP contribution < -0.4 is 0 Å². The minimum absolute atomic E-state index is 0.352. The van der Waals surface area contributed by atoms with Gasteiger partial charge in [-0.15, -0.1) is 0 Å². The van der Waals surface area contributed by atoms with Gasteiger partial charge < -0.3 is 10.1 Å². The monoisotopic (exact) mass is 133 g/mol. The second kappa shape index (κ2) is 2.05. The topological polar surface area (TPSA) is 36.0 Å². The van der Waals surface area contributed by atoms with E-state index in [1.54, 1.807) is 0 Å². The summed E-state index contributed by atoms with van der Waals surface area (Å²) >= 11 is 0. The third kappa shape index (κ3) is 1.01. The largest absolute Gasteiger partial charge is 0.506 e. The third-order valence-electron chi connectivity index (χ3n) is 0.990. The van der Waals surface area contributed by atoms with Crippen LogP contribution >= 0.6 is 0 Å². The number of aromatic hydroxyl groups is 1. The first-order valence-corrected chi connectivity index (χ1v) is 2.35. The Labute approximate surface area is 50.1 Å². The molecule has 0 aliphatic heterocycles. The van der Waals surface area contributed by atoms with E-state index in [1.807, 2.05) is 0 Å². The van der Waals surface area contributed by atoms with E-state index >= 15 is 0 Å². The van der Waals surface area contributed by atoms with Gasteiger partial charge in [0.1, 0.15) is 5.75 Å². The summed E-state index contributed by atoms with van der Waals surface area (Å²) in [5.41, 5.74) is -0.352. The van der Waals surface area contributed by atoms with Crippen LogP contribution in [0.4, 0.5) is 8.78 Å². The summed E-state index contributed by atoms with van der Waals surface area (Å²) in [5, 5.41) is 8.61. The number of hydrogen-bond donors (Lipinski definition) is 2. The van der Waals surface area contributed by atoms with Gasteiger partial charge in [-0.05, 0) is 0 Å². The molecule has 2 N–H and O–H groups in total. The Bertz CT molecular complexity index is 197. The average Bonchev–Trinajstić information content (AvgIpc) is 2.13. The van der Waals surface area contributed by atoms with Gasteiger partial charge in [-0.2, -0.15) is 0 Å². The molecule has 1 aromatic rings. The molecule has 0 aromatic carbocycles. The van der Waals surface area contributed by atoms with Crippen molar-refractivity contribution in [3.8, 4) is 5.75 Å². The van der Waals surface area contributed by atoms with Crippen molar-refractivity contribution in [2.45, 2.75) is 6.43 Å². The average molecular weight is 133 g/mol. The zero-order chi connectivity index (χ0) is 6.85. The fourth-order valence-electron chi connectivity index (χ4n) is 0.542. The summed E-state index contributed by atoms with van der Waals surface area (Å²) in [4.78, 5) is 2.35. The highest BCUT2D eigenvalue weighted by Crippen LogP contribution is 2.26. The van der Waals surface area contributed by atoms with Crippen molar-refractivity contribution in [1.82, 2.24) is 4.98 Å². The van der Waals surface area contributed by atoms with Crippen LogP contribution in [0.25, 0.3) is 0 Å². The molecule has 4 heteroatoms. The molecule has 0 bridgehead atoms. The number of aromatic amines is 1. The molecule has 0 unspecified atom stereocenters. The minimum atomic E-state index is -2.60. The van der Waals surface area contributed by atoms with E-state index in [0.717, 1.165) is 12.4 Å². The maximum Gasteiger partial charge on any atom is 0.268 e. The van der Waals surface area contributed by atoms with Crippen molar-refractivity contribution < 1.29 is 13.9 Å². The SMILES string of the molecule is Oc1c[nH]cc1C(F)F. The van der Waals surface area contributed by atoms with Gasteiger partial charge in [0.25, 0.3) is 6.43 Å². The Kier molecular flexibility index (Phi) is 1.38. The van der Waals surface area contributed by atoms with Crippen LogP contribution in [0, 0.1) is 0 Å². The first kappa shape index (κ1) is 6.07. The molecular formula is C5H5F2NO. The predicted molar refractivity (Wildman–Crippen MR) is 27.4 cm³/mol. The van der Waals surface area contributed by atoms with Gasteiger partial charge in [-0.1, -0.05) is 0 Å². The lowest BCUT2D eigenvalue weighted by Crippen LogP contribution is -1.77. The maximum atomic E-state index is 11.7. The summed E-state index contributed by atoms with van der Waals surface area (Å²) in [6.45, 7) is 0. The molecule has 0 saturated heterocycles. The number of H-pyrrole nitrogens is 1. The molecule has 0 spiro atoms. The van der Waals surface area contributed by atoms with E-state index in [2.05, 4.69) is 4.98 Å². The number of rotatable bonds is 1. The van der Waals surface area contributed by atoms with E-state index in [-0.39, 0.29) is 11.3 Å². The van der Waals surface area contributed by atoms with Gasteiger partial charge in [-0.25, -0.2) is 8.78 Å². The molecule has 2 nitrogen and oxygen atoms in total. The van der Waals surface area contributed by atoms with Crippen molar-refractivity contribution in [2.75, 3.05) is 0 Å². The van der Waals surface area contributed by atoms with Crippen LogP contribution in [-0.4, -0.2) is 10.1 Å². The second-order valence-electron chi connectivity index (χ2n) is 1.60. The van der Waals surface area contributed by atoms with E-state index < -0.39 is 6.43 Å². The summed E-state index contributed by atoms with van der Waals surface area (Å²) in [7, 11) is 0. The van der Waals surface area contributed by atoms with Crippen LogP contribution in [0.5, 0.6) is 5.75 Å². The zero-order valence-corrected chi connectivity index (χ0v) is 4.44.